The predicted octanol–water partition coefficient (Wildman–Crippen LogP) is 2.70. The third-order valence-corrected chi connectivity index (χ3v) is 6.08. The van der Waals surface area contributed by atoms with Crippen molar-refractivity contribution in [2.75, 3.05) is 11.5 Å². The zero-order valence-corrected chi connectivity index (χ0v) is 19.7. The van der Waals surface area contributed by atoms with E-state index in [2.05, 4.69) is 19.7 Å². The summed E-state index contributed by atoms with van der Waals surface area (Å²) in [7, 11) is -4.60. The zero-order chi connectivity index (χ0) is 24.7. The molecule has 2 N–H and O–H groups in total. The van der Waals surface area contributed by atoms with E-state index in [9.17, 15) is 9.36 Å². The number of cyclic esters (lactones) is 1. The van der Waals surface area contributed by atoms with E-state index in [0.717, 1.165) is 11.1 Å². The van der Waals surface area contributed by atoms with Gasteiger partial charge in [-0.25, -0.2) is 28.5 Å². The number of benzene rings is 1. The van der Waals surface area contributed by atoms with Crippen molar-refractivity contribution >= 4 is 25.4 Å². The summed E-state index contributed by atoms with van der Waals surface area (Å²) < 4.78 is 23.4. The number of anilines is 1. The number of carbonyl (C=O) groups is 1. The number of ether oxygens (including phenoxy) is 1. The Morgan fingerprint density at radius 3 is 2.66 bits per heavy atom. The van der Waals surface area contributed by atoms with E-state index in [0.29, 0.717) is 29.5 Å². The van der Waals surface area contributed by atoms with Gasteiger partial charge in [0.2, 0.25) is 0 Å². The summed E-state index contributed by atoms with van der Waals surface area (Å²) in [5.74, 6) is 1.08. The average molecular weight is 499 g/mol. The Balaban J connectivity index is 1.41. The largest absolute Gasteiger partial charge is 0.471 e. The summed E-state index contributed by atoms with van der Waals surface area (Å²) in [6.45, 7) is 3.97. The lowest BCUT2D eigenvalue weighted by Gasteiger charge is -2.23. The topological polar surface area (TPSA) is 157 Å². The summed E-state index contributed by atoms with van der Waals surface area (Å²) in [6, 6.07) is 9.02. The highest BCUT2D eigenvalue weighted by Gasteiger charge is 2.37. The molecule has 1 amide bonds. The second-order valence-corrected chi connectivity index (χ2v) is 9.54. The lowest BCUT2D eigenvalue weighted by Crippen LogP contribution is -2.37. The van der Waals surface area contributed by atoms with Crippen LogP contribution in [0.1, 0.15) is 13.8 Å². The van der Waals surface area contributed by atoms with Gasteiger partial charge in [-0.1, -0.05) is 38.1 Å². The molecule has 1 aliphatic rings. The molecule has 35 heavy (non-hydrogen) atoms. The molecule has 4 aromatic rings. The molecule has 1 unspecified atom stereocenters. The normalized spacial score (nSPS) is 16.4. The molecule has 0 aliphatic carbocycles. The van der Waals surface area contributed by atoms with Crippen molar-refractivity contribution in [3.05, 3.63) is 49.1 Å². The van der Waals surface area contributed by atoms with Gasteiger partial charge < -0.3 is 14.5 Å². The van der Waals surface area contributed by atoms with Crippen molar-refractivity contribution in [3.8, 4) is 22.5 Å². The molecule has 14 heteroatoms. The van der Waals surface area contributed by atoms with Gasteiger partial charge in [-0.05, 0) is 17.5 Å². The molecule has 0 bridgehead atoms. The molecule has 4 heterocycles. The number of phosphoric ester groups is 1. The SMILES string of the molecule is CC(C)C1COC(=O)N1c1ccn2ncc(-c3ccc(-c4ncn(COP(=O)(O)O)n4)cc3)c2n1. The summed E-state index contributed by atoms with van der Waals surface area (Å²) in [6.07, 6.45) is 4.37. The third kappa shape index (κ3) is 4.66. The maximum atomic E-state index is 12.4. The summed E-state index contributed by atoms with van der Waals surface area (Å²) >= 11 is 0. The van der Waals surface area contributed by atoms with Crippen LogP contribution in [0.2, 0.25) is 0 Å². The molecule has 5 rings (SSSR count). The molecule has 1 fully saturated rings. The van der Waals surface area contributed by atoms with Gasteiger partial charge in [-0.15, -0.1) is 5.10 Å². The molecule has 13 nitrogen and oxygen atoms in total. The second kappa shape index (κ2) is 8.86. The van der Waals surface area contributed by atoms with E-state index in [1.165, 1.54) is 11.0 Å². The van der Waals surface area contributed by atoms with Gasteiger partial charge >= 0.3 is 13.9 Å². The number of amides is 1. The van der Waals surface area contributed by atoms with Gasteiger partial charge in [-0.2, -0.15) is 5.10 Å². The monoisotopic (exact) mass is 499 g/mol. The van der Waals surface area contributed by atoms with Crippen LogP contribution in [-0.2, 0) is 20.6 Å². The molecule has 0 saturated carbocycles. The van der Waals surface area contributed by atoms with Crippen LogP contribution in [0.3, 0.4) is 0 Å². The van der Waals surface area contributed by atoms with Crippen molar-refractivity contribution < 1.29 is 28.4 Å². The fourth-order valence-electron chi connectivity index (χ4n) is 3.81. The molecule has 1 saturated heterocycles. The van der Waals surface area contributed by atoms with E-state index < -0.39 is 20.6 Å². The molecule has 1 aliphatic heterocycles. The Kier molecular flexibility index (Phi) is 5.85. The maximum Gasteiger partial charge on any atom is 0.471 e. The predicted molar refractivity (Wildman–Crippen MR) is 123 cm³/mol. The fraction of sp³-hybridized carbons (Fsp3) is 0.286. The fourth-order valence-corrected chi connectivity index (χ4v) is 4.08. The van der Waals surface area contributed by atoms with Crippen LogP contribution < -0.4 is 4.90 Å². The minimum absolute atomic E-state index is 0.0949. The molecule has 3 aromatic heterocycles. The molecule has 0 radical (unpaired) electrons. The summed E-state index contributed by atoms with van der Waals surface area (Å²) in [4.78, 5) is 40.5. The van der Waals surface area contributed by atoms with Gasteiger partial charge in [-0.3, -0.25) is 9.42 Å². The quantitative estimate of drug-likeness (QED) is 0.362. The van der Waals surface area contributed by atoms with Crippen LogP contribution in [0.15, 0.2) is 49.1 Å². The number of aromatic nitrogens is 6. The second-order valence-electron chi connectivity index (χ2n) is 8.30. The Hall–Kier alpha value is -3.64. The van der Waals surface area contributed by atoms with Gasteiger partial charge in [0.15, 0.2) is 18.2 Å². The van der Waals surface area contributed by atoms with Crippen LogP contribution in [0.5, 0.6) is 0 Å². The van der Waals surface area contributed by atoms with Gasteiger partial charge in [0.1, 0.15) is 18.8 Å². The molecule has 182 valence electrons. The number of rotatable bonds is 7. The van der Waals surface area contributed by atoms with E-state index in [4.69, 9.17) is 19.5 Å². The van der Waals surface area contributed by atoms with Gasteiger partial charge in [0.05, 0.1) is 12.2 Å². The Labute approximate surface area is 199 Å². The van der Waals surface area contributed by atoms with Crippen LogP contribution in [-0.4, -0.2) is 57.9 Å². The van der Waals surface area contributed by atoms with E-state index in [1.54, 1.807) is 27.9 Å². The number of hydrogen-bond donors (Lipinski definition) is 2. The van der Waals surface area contributed by atoms with E-state index in [-0.39, 0.29) is 12.0 Å². The highest BCUT2D eigenvalue weighted by molar-refractivity contribution is 7.46. The first-order valence-electron chi connectivity index (χ1n) is 10.7. The van der Waals surface area contributed by atoms with Crippen LogP contribution >= 0.6 is 7.82 Å². The van der Waals surface area contributed by atoms with Crippen LogP contribution in [0.4, 0.5) is 10.6 Å². The van der Waals surface area contributed by atoms with Crippen molar-refractivity contribution in [2.24, 2.45) is 5.92 Å². The Morgan fingerprint density at radius 2 is 1.94 bits per heavy atom. The first-order valence-corrected chi connectivity index (χ1v) is 12.2. The first-order chi connectivity index (χ1) is 16.7. The minimum Gasteiger partial charge on any atom is -0.447 e. The number of fused-ring (bicyclic) bond motifs is 1. The Bertz CT molecular complexity index is 1430. The summed E-state index contributed by atoms with van der Waals surface area (Å²) in [5.41, 5.74) is 2.92. The highest BCUT2D eigenvalue weighted by atomic mass is 31.2. The van der Waals surface area contributed by atoms with Gasteiger partial charge in [0.25, 0.3) is 0 Å². The van der Waals surface area contributed by atoms with Crippen molar-refractivity contribution in [1.82, 2.24) is 29.4 Å². The van der Waals surface area contributed by atoms with E-state index in [1.807, 2.05) is 38.1 Å². The first kappa shape index (κ1) is 23.1. The number of hydrogen-bond acceptors (Lipinski definition) is 8. The smallest absolute Gasteiger partial charge is 0.447 e. The number of carbonyl (C=O) groups excluding carboxylic acids is 1. The highest BCUT2D eigenvalue weighted by Crippen LogP contribution is 2.36. The van der Waals surface area contributed by atoms with Crippen LogP contribution in [0, 0.1) is 5.92 Å². The maximum absolute atomic E-state index is 12.4. The lowest BCUT2D eigenvalue weighted by atomic mass is 10.0. The van der Waals surface area contributed by atoms with Crippen molar-refractivity contribution in [1.29, 1.82) is 0 Å². The molecule has 0 spiro atoms. The van der Waals surface area contributed by atoms with Crippen LogP contribution in [0.25, 0.3) is 28.2 Å². The van der Waals surface area contributed by atoms with Crippen molar-refractivity contribution in [3.63, 3.8) is 0 Å². The molecular formula is C21H22N7O6P. The third-order valence-electron chi connectivity index (χ3n) is 5.63. The average Bonchev–Trinajstić information content (AvgIpc) is 3.55. The van der Waals surface area contributed by atoms with Gasteiger partial charge in [0, 0.05) is 17.3 Å². The number of nitrogens with zero attached hydrogens (tertiary/aromatic N) is 7. The Morgan fingerprint density at radius 1 is 1.20 bits per heavy atom. The molecule has 1 atom stereocenters. The lowest BCUT2D eigenvalue weighted by molar-refractivity contribution is 0.145. The number of phosphoric acid groups is 1. The standard InChI is InChI=1S/C21H22N7O6P/c1-13(2)17-10-33-21(29)28(17)18-7-8-27-20(24-18)16(9-23-27)14-3-5-15(6-4-14)19-22-11-26(25-19)12-34-35(30,31)32/h3-9,11,13,17H,10,12H2,1-2H3,(H2,30,31,32). The molecular weight excluding hydrogens is 477 g/mol. The van der Waals surface area contributed by atoms with Crippen molar-refractivity contribution in [2.45, 2.75) is 26.6 Å². The minimum atomic E-state index is -4.60. The summed E-state index contributed by atoms with van der Waals surface area (Å²) in [5, 5.41) is 8.54. The molecule has 1 aromatic carbocycles. The van der Waals surface area contributed by atoms with E-state index >= 15 is 0 Å². The zero-order valence-electron chi connectivity index (χ0n) is 18.8.